The van der Waals surface area contributed by atoms with E-state index in [1.807, 2.05) is 4.90 Å². The van der Waals surface area contributed by atoms with Crippen LogP contribution < -0.4 is 5.32 Å². The maximum absolute atomic E-state index is 12.1. The minimum absolute atomic E-state index is 0.151. The number of amides is 2. The fourth-order valence-corrected chi connectivity index (χ4v) is 2.68. The maximum Gasteiger partial charge on any atom is 0.317 e. The number of hydrogen-bond donors (Lipinski definition) is 1. The summed E-state index contributed by atoms with van der Waals surface area (Å²) in [6.45, 7) is 6.03. The molecule has 0 unspecified atom stereocenters. The average molecular weight is 239 g/mol. The van der Waals surface area contributed by atoms with Crippen LogP contribution >= 0.6 is 0 Å². The van der Waals surface area contributed by atoms with E-state index in [4.69, 9.17) is 0 Å². The van der Waals surface area contributed by atoms with Crippen LogP contribution in [0.4, 0.5) is 4.79 Å². The summed E-state index contributed by atoms with van der Waals surface area (Å²) in [5.74, 6) is 0.840. The molecule has 4 heteroatoms. The molecule has 2 amide bonds. The van der Waals surface area contributed by atoms with Crippen LogP contribution in [-0.4, -0.2) is 55.1 Å². The number of carbonyl (C=O) groups excluding carboxylic acids is 1. The van der Waals surface area contributed by atoms with Crippen molar-refractivity contribution in [3.63, 3.8) is 0 Å². The summed E-state index contributed by atoms with van der Waals surface area (Å²) in [6, 6.07) is 0.566. The van der Waals surface area contributed by atoms with Crippen molar-refractivity contribution in [2.45, 2.75) is 38.6 Å². The molecule has 0 spiro atoms. The molecule has 0 aromatic heterocycles. The Kier molecular flexibility index (Phi) is 4.26. The van der Waals surface area contributed by atoms with Gasteiger partial charge in [0.15, 0.2) is 0 Å². The first kappa shape index (κ1) is 12.7. The Bertz CT molecular complexity index is 253. The molecule has 98 valence electrons. The Hall–Kier alpha value is -0.770. The molecule has 0 bridgehead atoms. The van der Waals surface area contributed by atoms with Crippen molar-refractivity contribution in [3.05, 3.63) is 0 Å². The predicted molar refractivity (Wildman–Crippen MR) is 69.0 cm³/mol. The average Bonchev–Trinajstić information content (AvgIpc) is 2.33. The van der Waals surface area contributed by atoms with Gasteiger partial charge >= 0.3 is 6.03 Å². The molecule has 2 aliphatic rings. The number of piperazine rings is 1. The summed E-state index contributed by atoms with van der Waals surface area (Å²) in [6.07, 6.45) is 4.82. The number of nitrogens with one attached hydrogen (secondary N) is 1. The SMILES string of the molecule is CC1CCC(NC(=O)N2CCN(C)CC2)CC1. The summed E-state index contributed by atoms with van der Waals surface area (Å²) in [5, 5.41) is 3.19. The van der Waals surface area contributed by atoms with Gasteiger partial charge in [0.1, 0.15) is 0 Å². The number of likely N-dealkylation sites (N-methyl/N-ethyl adjacent to an activating group) is 1. The van der Waals surface area contributed by atoms with E-state index in [0.717, 1.165) is 44.9 Å². The third kappa shape index (κ3) is 3.60. The van der Waals surface area contributed by atoms with E-state index in [9.17, 15) is 4.79 Å². The third-order valence-electron chi connectivity index (χ3n) is 4.13. The lowest BCUT2D eigenvalue weighted by Gasteiger charge is -2.34. The molecule has 1 N–H and O–H groups in total. The minimum Gasteiger partial charge on any atom is -0.335 e. The summed E-state index contributed by atoms with van der Waals surface area (Å²) in [7, 11) is 2.11. The molecule has 4 nitrogen and oxygen atoms in total. The van der Waals surface area contributed by atoms with Crippen molar-refractivity contribution >= 4 is 6.03 Å². The van der Waals surface area contributed by atoms with E-state index in [2.05, 4.69) is 24.2 Å². The number of hydrogen-bond acceptors (Lipinski definition) is 2. The molecule has 0 aromatic rings. The Labute approximate surface area is 104 Å². The van der Waals surface area contributed by atoms with E-state index in [-0.39, 0.29) is 6.03 Å². The number of nitrogens with zero attached hydrogens (tertiary/aromatic N) is 2. The molecule has 1 saturated carbocycles. The van der Waals surface area contributed by atoms with E-state index in [1.54, 1.807) is 0 Å². The van der Waals surface area contributed by atoms with Gasteiger partial charge in [-0.15, -0.1) is 0 Å². The van der Waals surface area contributed by atoms with Crippen LogP contribution in [0.2, 0.25) is 0 Å². The highest BCUT2D eigenvalue weighted by molar-refractivity contribution is 5.74. The smallest absolute Gasteiger partial charge is 0.317 e. The molecule has 0 atom stereocenters. The van der Waals surface area contributed by atoms with Crippen molar-refractivity contribution in [3.8, 4) is 0 Å². The third-order valence-corrected chi connectivity index (χ3v) is 4.13. The second kappa shape index (κ2) is 5.71. The molecule has 1 saturated heterocycles. The largest absolute Gasteiger partial charge is 0.335 e. The predicted octanol–water partition coefficient (Wildman–Crippen LogP) is 1.52. The van der Waals surface area contributed by atoms with E-state index in [1.165, 1.54) is 12.8 Å². The number of carbonyl (C=O) groups is 1. The zero-order valence-electron chi connectivity index (χ0n) is 11.1. The standard InChI is InChI=1S/C13H25N3O/c1-11-3-5-12(6-4-11)14-13(17)16-9-7-15(2)8-10-16/h11-12H,3-10H2,1-2H3,(H,14,17). The molecule has 2 rings (SSSR count). The normalized spacial score (nSPS) is 31.3. The van der Waals surface area contributed by atoms with Crippen LogP contribution in [0.5, 0.6) is 0 Å². The zero-order valence-corrected chi connectivity index (χ0v) is 11.1. The van der Waals surface area contributed by atoms with Crippen molar-refractivity contribution in [2.24, 2.45) is 5.92 Å². The van der Waals surface area contributed by atoms with E-state index >= 15 is 0 Å². The molecular weight excluding hydrogens is 214 g/mol. The highest BCUT2D eigenvalue weighted by Crippen LogP contribution is 2.23. The highest BCUT2D eigenvalue weighted by atomic mass is 16.2. The minimum atomic E-state index is 0.151. The first-order chi connectivity index (χ1) is 8.15. The molecule has 1 heterocycles. The summed E-state index contributed by atoms with van der Waals surface area (Å²) < 4.78 is 0. The summed E-state index contributed by atoms with van der Waals surface area (Å²) in [5.41, 5.74) is 0. The highest BCUT2D eigenvalue weighted by Gasteiger charge is 2.23. The first-order valence-electron chi connectivity index (χ1n) is 6.89. The van der Waals surface area contributed by atoms with Crippen molar-refractivity contribution < 1.29 is 4.79 Å². The fourth-order valence-electron chi connectivity index (χ4n) is 2.68. The van der Waals surface area contributed by atoms with Gasteiger partial charge in [-0.2, -0.15) is 0 Å². The Balaban J connectivity index is 1.73. The number of rotatable bonds is 1. The van der Waals surface area contributed by atoms with Crippen LogP contribution in [0.25, 0.3) is 0 Å². The summed E-state index contributed by atoms with van der Waals surface area (Å²) in [4.78, 5) is 16.3. The topological polar surface area (TPSA) is 35.6 Å². The van der Waals surface area contributed by atoms with E-state index < -0.39 is 0 Å². The van der Waals surface area contributed by atoms with Crippen LogP contribution in [0.15, 0.2) is 0 Å². The second-order valence-corrected chi connectivity index (χ2v) is 5.70. The lowest BCUT2D eigenvalue weighted by Crippen LogP contribution is -2.52. The van der Waals surface area contributed by atoms with Crippen molar-refractivity contribution in [1.29, 1.82) is 0 Å². The van der Waals surface area contributed by atoms with Gasteiger partial charge in [0.05, 0.1) is 0 Å². The monoisotopic (exact) mass is 239 g/mol. The zero-order chi connectivity index (χ0) is 12.3. The van der Waals surface area contributed by atoms with Gasteiger partial charge in [0.25, 0.3) is 0 Å². The maximum atomic E-state index is 12.1. The first-order valence-corrected chi connectivity index (χ1v) is 6.89. The van der Waals surface area contributed by atoms with Gasteiger partial charge in [-0.3, -0.25) is 0 Å². The van der Waals surface area contributed by atoms with Crippen molar-refractivity contribution in [1.82, 2.24) is 15.1 Å². The quantitative estimate of drug-likeness (QED) is 0.753. The summed E-state index contributed by atoms with van der Waals surface area (Å²) >= 11 is 0. The van der Waals surface area contributed by atoms with Gasteiger partial charge in [-0.25, -0.2) is 4.79 Å². The molecule has 2 fully saturated rings. The van der Waals surface area contributed by atoms with E-state index in [0.29, 0.717) is 6.04 Å². The number of urea groups is 1. The Morgan fingerprint density at radius 3 is 2.24 bits per heavy atom. The second-order valence-electron chi connectivity index (χ2n) is 5.70. The Morgan fingerprint density at radius 2 is 1.65 bits per heavy atom. The molecule has 1 aliphatic carbocycles. The van der Waals surface area contributed by atoms with Gasteiger partial charge in [-0.05, 0) is 38.6 Å². The van der Waals surface area contributed by atoms with Crippen LogP contribution in [0.1, 0.15) is 32.6 Å². The molecule has 0 aromatic carbocycles. The van der Waals surface area contributed by atoms with Gasteiger partial charge < -0.3 is 15.1 Å². The molecule has 1 aliphatic heterocycles. The molecule has 0 radical (unpaired) electrons. The Morgan fingerprint density at radius 1 is 1.06 bits per heavy atom. The van der Waals surface area contributed by atoms with Gasteiger partial charge in [0, 0.05) is 32.2 Å². The van der Waals surface area contributed by atoms with Crippen LogP contribution in [0, 0.1) is 5.92 Å². The van der Waals surface area contributed by atoms with Gasteiger partial charge in [-0.1, -0.05) is 6.92 Å². The lowest BCUT2D eigenvalue weighted by atomic mass is 9.87. The molecule has 17 heavy (non-hydrogen) atoms. The molecular formula is C13H25N3O. The van der Waals surface area contributed by atoms with Crippen molar-refractivity contribution in [2.75, 3.05) is 33.2 Å². The van der Waals surface area contributed by atoms with Crippen LogP contribution in [0.3, 0.4) is 0 Å². The van der Waals surface area contributed by atoms with Crippen LogP contribution in [-0.2, 0) is 0 Å². The fraction of sp³-hybridized carbons (Fsp3) is 0.923. The lowest BCUT2D eigenvalue weighted by molar-refractivity contribution is 0.148. The van der Waals surface area contributed by atoms with Gasteiger partial charge in [0.2, 0.25) is 0 Å².